The van der Waals surface area contributed by atoms with Crippen molar-refractivity contribution in [2.75, 3.05) is 0 Å². The van der Waals surface area contributed by atoms with Crippen LogP contribution in [0.1, 0.15) is 22.5 Å². The topological polar surface area (TPSA) is 4.93 Å². The molecule has 0 aliphatic rings. The molecule has 0 radical (unpaired) electrons. The van der Waals surface area contributed by atoms with Gasteiger partial charge in [-0.15, -0.1) is 0 Å². The van der Waals surface area contributed by atoms with E-state index in [4.69, 9.17) is 0 Å². The first-order valence-electron chi connectivity index (χ1n) is 8.56. The van der Waals surface area contributed by atoms with Gasteiger partial charge < -0.3 is 4.57 Å². The molecule has 0 N–H and O–H groups in total. The fourth-order valence-electron chi connectivity index (χ4n) is 3.20. The normalized spacial score (nSPS) is 11.0. The summed E-state index contributed by atoms with van der Waals surface area (Å²) in [7, 11) is 0. The fraction of sp³-hybridized carbons (Fsp3) is 0.0833. The Labute approximate surface area is 164 Å². The van der Waals surface area contributed by atoms with E-state index in [1.165, 1.54) is 22.3 Å². The highest BCUT2D eigenvalue weighted by atomic mass is 79.9. The van der Waals surface area contributed by atoms with Crippen molar-refractivity contribution in [3.05, 3.63) is 101 Å². The lowest BCUT2D eigenvalue weighted by Gasteiger charge is -2.12. The molecule has 0 atom stereocenters. The van der Waals surface area contributed by atoms with Crippen LogP contribution in [0.4, 0.5) is 0 Å². The summed E-state index contributed by atoms with van der Waals surface area (Å²) in [6.45, 7) is 12.1. The van der Waals surface area contributed by atoms with Gasteiger partial charge in [0.1, 0.15) is 0 Å². The van der Waals surface area contributed by atoms with Crippen LogP contribution in [0.25, 0.3) is 29.0 Å². The third-order valence-electron chi connectivity index (χ3n) is 4.68. The van der Waals surface area contributed by atoms with Crippen molar-refractivity contribution in [3.63, 3.8) is 0 Å². The van der Waals surface area contributed by atoms with Gasteiger partial charge in [-0.3, -0.25) is 0 Å². The van der Waals surface area contributed by atoms with Crippen LogP contribution in [0.2, 0.25) is 0 Å². The molecule has 0 saturated heterocycles. The van der Waals surface area contributed by atoms with Crippen LogP contribution < -0.4 is 0 Å². The zero-order chi connectivity index (χ0) is 18.7. The lowest BCUT2D eigenvalue weighted by atomic mass is 10.1. The molecule has 1 aromatic heterocycles. The molecule has 3 rings (SSSR count). The van der Waals surface area contributed by atoms with Crippen LogP contribution in [0.5, 0.6) is 0 Å². The molecule has 0 saturated carbocycles. The van der Waals surface area contributed by atoms with Crippen LogP contribution in [0.3, 0.4) is 0 Å². The van der Waals surface area contributed by atoms with Crippen LogP contribution >= 0.6 is 15.9 Å². The summed E-state index contributed by atoms with van der Waals surface area (Å²) in [5.74, 6) is 0. The molecule has 0 unspecified atom stereocenters. The Morgan fingerprint density at radius 2 is 1.58 bits per heavy atom. The number of benzene rings is 2. The second-order valence-corrected chi connectivity index (χ2v) is 7.13. The molecule has 0 fully saturated rings. The van der Waals surface area contributed by atoms with Crippen molar-refractivity contribution >= 4 is 28.1 Å². The lowest BCUT2D eigenvalue weighted by Crippen LogP contribution is -1.99. The molecule has 0 amide bonds. The highest BCUT2D eigenvalue weighted by molar-refractivity contribution is 9.10. The van der Waals surface area contributed by atoms with Crippen LogP contribution in [0, 0.1) is 13.8 Å². The maximum absolute atomic E-state index is 4.02. The number of allylic oxidation sites excluding steroid dienone is 2. The SMILES string of the molecule is C=C/C=C\c1c(C)c(C)c(C=C)n1-c1ccc(-c2cccc(Br)c2)cc1. The summed E-state index contributed by atoms with van der Waals surface area (Å²) in [4.78, 5) is 0. The number of aromatic nitrogens is 1. The van der Waals surface area contributed by atoms with E-state index in [0.29, 0.717) is 0 Å². The zero-order valence-electron chi connectivity index (χ0n) is 15.2. The maximum Gasteiger partial charge on any atom is 0.0494 e. The Morgan fingerprint density at radius 3 is 2.19 bits per heavy atom. The Bertz CT molecular complexity index is 988. The van der Waals surface area contributed by atoms with E-state index < -0.39 is 0 Å². The molecule has 130 valence electrons. The van der Waals surface area contributed by atoms with Gasteiger partial charge in [-0.25, -0.2) is 0 Å². The smallest absolute Gasteiger partial charge is 0.0494 e. The largest absolute Gasteiger partial charge is 0.310 e. The van der Waals surface area contributed by atoms with Crippen LogP contribution in [-0.2, 0) is 0 Å². The van der Waals surface area contributed by atoms with Gasteiger partial charge in [0.15, 0.2) is 0 Å². The van der Waals surface area contributed by atoms with E-state index in [0.717, 1.165) is 21.5 Å². The summed E-state index contributed by atoms with van der Waals surface area (Å²) >= 11 is 3.54. The molecular weight excluding hydrogens is 382 g/mol. The van der Waals surface area contributed by atoms with E-state index in [1.807, 2.05) is 18.2 Å². The van der Waals surface area contributed by atoms with E-state index in [9.17, 15) is 0 Å². The van der Waals surface area contributed by atoms with Gasteiger partial charge in [-0.05, 0) is 72.5 Å². The summed E-state index contributed by atoms with van der Waals surface area (Å²) < 4.78 is 3.34. The quantitative estimate of drug-likeness (QED) is 0.391. The van der Waals surface area contributed by atoms with Gasteiger partial charge in [0.05, 0.1) is 0 Å². The molecule has 2 aromatic carbocycles. The van der Waals surface area contributed by atoms with Gasteiger partial charge in [-0.1, -0.05) is 65.5 Å². The summed E-state index contributed by atoms with van der Waals surface area (Å²) in [5.41, 5.74) is 8.31. The minimum absolute atomic E-state index is 1.08. The van der Waals surface area contributed by atoms with Crippen molar-refractivity contribution in [2.45, 2.75) is 13.8 Å². The Morgan fingerprint density at radius 1 is 0.885 bits per heavy atom. The minimum Gasteiger partial charge on any atom is -0.310 e. The Hall–Kier alpha value is -2.58. The van der Waals surface area contributed by atoms with Crippen molar-refractivity contribution in [1.29, 1.82) is 0 Å². The molecular formula is C24H22BrN. The monoisotopic (exact) mass is 403 g/mol. The lowest BCUT2D eigenvalue weighted by molar-refractivity contribution is 1.04. The number of hydrogen-bond acceptors (Lipinski definition) is 0. The molecule has 0 spiro atoms. The molecule has 2 heteroatoms. The van der Waals surface area contributed by atoms with Gasteiger partial charge >= 0.3 is 0 Å². The maximum atomic E-state index is 4.02. The first kappa shape index (κ1) is 18.2. The predicted molar refractivity (Wildman–Crippen MR) is 118 cm³/mol. The van der Waals surface area contributed by atoms with Crippen molar-refractivity contribution < 1.29 is 0 Å². The number of hydrogen-bond donors (Lipinski definition) is 0. The van der Waals surface area contributed by atoms with E-state index in [1.54, 1.807) is 6.08 Å². The van der Waals surface area contributed by atoms with Gasteiger partial charge in [0.25, 0.3) is 0 Å². The van der Waals surface area contributed by atoms with Crippen LogP contribution in [-0.4, -0.2) is 4.57 Å². The van der Waals surface area contributed by atoms with Crippen molar-refractivity contribution in [2.24, 2.45) is 0 Å². The molecule has 0 bridgehead atoms. The summed E-state index contributed by atoms with van der Waals surface area (Å²) in [5, 5.41) is 0. The third-order valence-corrected chi connectivity index (χ3v) is 5.17. The van der Waals surface area contributed by atoms with Gasteiger partial charge in [0.2, 0.25) is 0 Å². The zero-order valence-corrected chi connectivity index (χ0v) is 16.8. The third kappa shape index (κ3) is 3.38. The summed E-state index contributed by atoms with van der Waals surface area (Å²) in [6.07, 6.45) is 7.80. The standard InChI is InChI=1S/C24H22BrN/c1-5-7-11-24-18(4)17(3)23(6-2)26(24)22-14-12-19(13-15-22)20-9-8-10-21(25)16-20/h5-16H,1-2H2,3-4H3/b11-7-. The predicted octanol–water partition coefficient (Wildman–Crippen LogP) is 7.37. The molecule has 1 heterocycles. The number of rotatable bonds is 5. The summed E-state index contributed by atoms with van der Waals surface area (Å²) in [6, 6.07) is 17.0. The number of nitrogens with zero attached hydrogens (tertiary/aromatic N) is 1. The van der Waals surface area contributed by atoms with E-state index in [-0.39, 0.29) is 0 Å². The first-order valence-corrected chi connectivity index (χ1v) is 9.36. The Kier molecular flexibility index (Phi) is 5.43. The highest BCUT2D eigenvalue weighted by Gasteiger charge is 2.15. The second kappa shape index (κ2) is 7.76. The minimum atomic E-state index is 1.08. The number of halogens is 1. The van der Waals surface area contributed by atoms with Gasteiger partial charge in [-0.2, -0.15) is 0 Å². The van der Waals surface area contributed by atoms with Crippen molar-refractivity contribution in [1.82, 2.24) is 4.57 Å². The second-order valence-electron chi connectivity index (χ2n) is 6.21. The fourth-order valence-corrected chi connectivity index (χ4v) is 3.60. The average Bonchev–Trinajstić information content (AvgIpc) is 2.90. The average molecular weight is 404 g/mol. The molecule has 0 aliphatic heterocycles. The molecule has 3 aromatic rings. The molecule has 0 aliphatic carbocycles. The molecule has 26 heavy (non-hydrogen) atoms. The Balaban J connectivity index is 2.12. The van der Waals surface area contributed by atoms with Crippen molar-refractivity contribution in [3.8, 4) is 16.8 Å². The van der Waals surface area contributed by atoms with Crippen LogP contribution in [0.15, 0.2) is 78.3 Å². The van der Waals surface area contributed by atoms with E-state index in [2.05, 4.69) is 96.0 Å². The first-order chi connectivity index (χ1) is 12.6. The van der Waals surface area contributed by atoms with E-state index >= 15 is 0 Å². The molecule has 1 nitrogen and oxygen atoms in total. The highest BCUT2D eigenvalue weighted by Crippen LogP contribution is 2.30. The van der Waals surface area contributed by atoms with Gasteiger partial charge in [0, 0.05) is 21.5 Å².